The molecule has 2 aliphatic rings. The molecule has 1 aliphatic heterocycles. The van der Waals surface area contributed by atoms with Crippen LogP contribution >= 0.6 is 11.3 Å². The summed E-state index contributed by atoms with van der Waals surface area (Å²) >= 11 is 1.72. The van der Waals surface area contributed by atoms with Crippen molar-refractivity contribution in [1.29, 1.82) is 0 Å². The number of carbonyl (C=O) groups is 1. The third-order valence-electron chi connectivity index (χ3n) is 5.06. The predicted molar refractivity (Wildman–Crippen MR) is 125 cm³/mol. The number of benzene rings is 1. The van der Waals surface area contributed by atoms with Crippen molar-refractivity contribution >= 4 is 44.6 Å². The van der Waals surface area contributed by atoms with Crippen molar-refractivity contribution in [2.45, 2.75) is 32.2 Å². The van der Waals surface area contributed by atoms with Gasteiger partial charge in [0.25, 0.3) is 0 Å². The number of aliphatic imine (C=N–C) groups is 2. The largest absolute Gasteiger partial charge is 0.366 e. The van der Waals surface area contributed by atoms with Crippen molar-refractivity contribution in [2.24, 2.45) is 9.98 Å². The number of rotatable bonds is 6. The van der Waals surface area contributed by atoms with Gasteiger partial charge in [-0.3, -0.25) is 14.8 Å². The molecule has 4 rings (SSSR count). The summed E-state index contributed by atoms with van der Waals surface area (Å²) in [5.74, 6) is 0.754. The Bertz CT molecular complexity index is 1070. The van der Waals surface area contributed by atoms with Gasteiger partial charge in [0.1, 0.15) is 10.8 Å². The molecule has 2 N–H and O–H groups in total. The molecule has 2 aromatic rings. The van der Waals surface area contributed by atoms with Gasteiger partial charge in [-0.2, -0.15) is 0 Å². The van der Waals surface area contributed by atoms with E-state index in [-0.39, 0.29) is 11.9 Å². The van der Waals surface area contributed by atoms with Crippen LogP contribution in [0.4, 0.5) is 0 Å². The zero-order valence-electron chi connectivity index (χ0n) is 17.2. The molecule has 2 heterocycles. The average molecular weight is 420 g/mol. The summed E-state index contributed by atoms with van der Waals surface area (Å²) < 4.78 is 1.20. The second kappa shape index (κ2) is 9.17. The van der Waals surface area contributed by atoms with E-state index in [4.69, 9.17) is 4.98 Å². The van der Waals surface area contributed by atoms with Gasteiger partial charge in [0.2, 0.25) is 5.91 Å². The summed E-state index contributed by atoms with van der Waals surface area (Å²) in [6, 6.07) is 8.12. The highest BCUT2D eigenvalue weighted by atomic mass is 32.1. The van der Waals surface area contributed by atoms with Gasteiger partial charge in [-0.05, 0) is 49.6 Å². The predicted octanol–water partition coefficient (Wildman–Crippen LogP) is 3.88. The van der Waals surface area contributed by atoms with Gasteiger partial charge in [-0.1, -0.05) is 24.3 Å². The molecule has 6 nitrogen and oxygen atoms in total. The van der Waals surface area contributed by atoms with E-state index in [1.54, 1.807) is 18.4 Å². The summed E-state index contributed by atoms with van der Waals surface area (Å²) in [6.45, 7) is 2.60. The van der Waals surface area contributed by atoms with Crippen molar-refractivity contribution in [3.63, 3.8) is 0 Å². The van der Waals surface area contributed by atoms with Crippen molar-refractivity contribution in [2.75, 3.05) is 13.6 Å². The minimum absolute atomic E-state index is 0.00379. The standard InChI is InChI=1S/C23H25N5OS/c1-3-6-19(24-2)22-25-14-17(27-22)13-21(29)26-16-11-9-15(10-12-16)23-28-18-7-4-5-8-20(18)30-23/h3-9,11,17H,10,12-14H2,1-2H3,(H,25,27)(H,26,29)/b6-3-,24-19+. The van der Waals surface area contributed by atoms with E-state index in [0.717, 1.165) is 40.6 Å². The van der Waals surface area contributed by atoms with Crippen LogP contribution in [0.25, 0.3) is 15.8 Å². The van der Waals surface area contributed by atoms with Crippen molar-refractivity contribution in [3.8, 4) is 0 Å². The van der Waals surface area contributed by atoms with Crippen LogP contribution in [0.5, 0.6) is 0 Å². The summed E-state index contributed by atoms with van der Waals surface area (Å²) in [6.07, 6.45) is 9.95. The minimum atomic E-state index is -0.0694. The number of allylic oxidation sites excluding steroid dienone is 5. The maximum absolute atomic E-state index is 12.5. The van der Waals surface area contributed by atoms with E-state index in [0.29, 0.717) is 13.0 Å². The van der Waals surface area contributed by atoms with Crippen molar-refractivity contribution in [1.82, 2.24) is 15.6 Å². The molecule has 30 heavy (non-hydrogen) atoms. The fourth-order valence-electron chi connectivity index (χ4n) is 3.55. The number of hydrogen-bond donors (Lipinski definition) is 2. The molecule has 1 aromatic heterocycles. The third-order valence-corrected chi connectivity index (χ3v) is 6.18. The molecule has 0 radical (unpaired) electrons. The lowest BCUT2D eigenvalue weighted by Crippen LogP contribution is -2.30. The number of hydrogen-bond acceptors (Lipinski definition) is 6. The Hall–Kier alpha value is -3.06. The Morgan fingerprint density at radius 3 is 2.93 bits per heavy atom. The number of amides is 1. The van der Waals surface area contributed by atoms with Crippen LogP contribution in [0.3, 0.4) is 0 Å². The van der Waals surface area contributed by atoms with E-state index >= 15 is 0 Å². The van der Waals surface area contributed by atoms with Crippen LogP contribution in [0.15, 0.2) is 64.3 Å². The molecule has 1 aromatic carbocycles. The number of carbonyl (C=O) groups excluding carboxylic acids is 1. The minimum Gasteiger partial charge on any atom is -0.366 e. The van der Waals surface area contributed by atoms with E-state index in [9.17, 15) is 4.79 Å². The number of thiazole rings is 1. The second-order valence-corrected chi connectivity index (χ2v) is 8.27. The van der Waals surface area contributed by atoms with Crippen molar-refractivity contribution in [3.05, 3.63) is 59.3 Å². The van der Waals surface area contributed by atoms with Crippen molar-refractivity contribution < 1.29 is 4.79 Å². The molecule has 1 unspecified atom stereocenters. The maximum Gasteiger partial charge on any atom is 0.226 e. The van der Waals surface area contributed by atoms with Crippen LogP contribution in [0.1, 0.15) is 31.2 Å². The second-order valence-electron chi connectivity index (χ2n) is 7.24. The fraction of sp³-hybridized carbons (Fsp3) is 0.304. The first-order chi connectivity index (χ1) is 14.7. The molecule has 1 aliphatic carbocycles. The maximum atomic E-state index is 12.5. The van der Waals surface area contributed by atoms with Gasteiger partial charge in [0.05, 0.1) is 28.4 Å². The first-order valence-corrected chi connectivity index (χ1v) is 10.9. The highest BCUT2D eigenvalue weighted by molar-refractivity contribution is 7.19. The smallest absolute Gasteiger partial charge is 0.226 e. The Kier molecular flexibility index (Phi) is 6.18. The van der Waals surface area contributed by atoms with Gasteiger partial charge in [0.15, 0.2) is 0 Å². The molecule has 1 atom stereocenters. The number of fused-ring (bicyclic) bond motifs is 1. The van der Waals surface area contributed by atoms with Crippen LogP contribution < -0.4 is 10.6 Å². The summed E-state index contributed by atoms with van der Waals surface area (Å²) in [4.78, 5) is 26.1. The highest BCUT2D eigenvalue weighted by Gasteiger charge is 2.22. The van der Waals surface area contributed by atoms with Crippen LogP contribution in [0.2, 0.25) is 0 Å². The topological polar surface area (TPSA) is 78.7 Å². The van der Waals surface area contributed by atoms with Gasteiger partial charge < -0.3 is 10.6 Å². The third kappa shape index (κ3) is 4.57. The highest BCUT2D eigenvalue weighted by Crippen LogP contribution is 2.32. The molecular formula is C23H25N5OS. The van der Waals surface area contributed by atoms with E-state index in [1.807, 2.05) is 43.4 Å². The van der Waals surface area contributed by atoms with Gasteiger partial charge in [0, 0.05) is 19.3 Å². The number of aromatic nitrogens is 1. The molecule has 0 fully saturated rings. The lowest BCUT2D eigenvalue weighted by Gasteiger charge is -2.15. The van der Waals surface area contributed by atoms with E-state index < -0.39 is 0 Å². The van der Waals surface area contributed by atoms with E-state index in [2.05, 4.69) is 32.8 Å². The first-order valence-electron chi connectivity index (χ1n) is 10.1. The normalized spacial score (nSPS) is 19.5. The molecule has 0 spiro atoms. The Balaban J connectivity index is 1.36. The zero-order valence-corrected chi connectivity index (χ0v) is 18.0. The summed E-state index contributed by atoms with van der Waals surface area (Å²) in [7, 11) is 1.74. The Labute approximate surface area is 180 Å². The first kappa shape index (κ1) is 20.2. The van der Waals surface area contributed by atoms with Crippen LogP contribution in [-0.2, 0) is 4.79 Å². The monoisotopic (exact) mass is 419 g/mol. The van der Waals surface area contributed by atoms with Crippen LogP contribution in [-0.4, -0.2) is 42.1 Å². The Morgan fingerprint density at radius 1 is 1.33 bits per heavy atom. The van der Waals surface area contributed by atoms with E-state index in [1.165, 1.54) is 10.3 Å². The molecular weight excluding hydrogens is 394 g/mol. The molecule has 154 valence electrons. The average Bonchev–Trinajstić information content (AvgIpc) is 3.39. The molecule has 0 saturated carbocycles. The number of nitrogens with zero attached hydrogens (tertiary/aromatic N) is 3. The fourth-order valence-corrected chi connectivity index (χ4v) is 4.57. The Morgan fingerprint density at radius 2 is 2.20 bits per heavy atom. The quantitative estimate of drug-likeness (QED) is 0.698. The lowest BCUT2D eigenvalue weighted by atomic mass is 10.0. The summed E-state index contributed by atoms with van der Waals surface area (Å²) in [5.41, 5.74) is 4.02. The molecule has 0 saturated heterocycles. The van der Waals surface area contributed by atoms with Gasteiger partial charge in [-0.15, -0.1) is 11.3 Å². The molecule has 7 heteroatoms. The molecule has 0 bridgehead atoms. The SMILES string of the molecule is C/C=C\C(=N/C)C1=NC(CC(=O)NC2=CC=C(c3nc4ccccc4s3)CC2)CN1. The number of para-hydroxylation sites is 1. The number of nitrogens with one attached hydrogen (secondary N) is 2. The zero-order chi connectivity index (χ0) is 20.9. The number of amidine groups is 1. The van der Waals surface area contributed by atoms with Gasteiger partial charge in [-0.25, -0.2) is 4.98 Å². The molecule has 1 amide bonds. The lowest BCUT2D eigenvalue weighted by molar-refractivity contribution is -0.120. The van der Waals surface area contributed by atoms with Crippen LogP contribution in [0, 0.1) is 0 Å². The van der Waals surface area contributed by atoms with Gasteiger partial charge >= 0.3 is 0 Å². The summed E-state index contributed by atoms with van der Waals surface area (Å²) in [5, 5.41) is 7.35.